The summed E-state index contributed by atoms with van der Waals surface area (Å²) in [5.41, 5.74) is 0.608. The van der Waals surface area contributed by atoms with Crippen LogP contribution in [0.1, 0.15) is 22.2 Å². The van der Waals surface area contributed by atoms with Crippen molar-refractivity contribution in [1.82, 2.24) is 5.32 Å². The van der Waals surface area contributed by atoms with Gasteiger partial charge in [0.1, 0.15) is 11.5 Å². The Morgan fingerprint density at radius 1 is 1.67 bits per heavy atom. The van der Waals surface area contributed by atoms with Crippen LogP contribution in [0.3, 0.4) is 0 Å². The zero-order valence-corrected chi connectivity index (χ0v) is 11.9. The van der Waals surface area contributed by atoms with Crippen molar-refractivity contribution >= 4 is 28.0 Å². The van der Waals surface area contributed by atoms with Crippen LogP contribution in [0.15, 0.2) is 11.4 Å². The van der Waals surface area contributed by atoms with Crippen LogP contribution in [0.4, 0.5) is 0 Å². The number of rotatable bonds is 4. The van der Waals surface area contributed by atoms with Crippen LogP contribution < -0.4 is 5.32 Å². The Bertz CT molecular complexity index is 499. The van der Waals surface area contributed by atoms with Crippen molar-refractivity contribution in [3.63, 3.8) is 0 Å². The first kappa shape index (κ1) is 14.9. The minimum absolute atomic E-state index is 0.149. The first-order chi connectivity index (χ1) is 8.54. The van der Waals surface area contributed by atoms with Crippen LogP contribution in [0.2, 0.25) is 0 Å². The Balaban J connectivity index is 2.72. The molecule has 0 saturated heterocycles. The fraction of sp³-hybridized carbons (Fsp3) is 0.417. The summed E-state index contributed by atoms with van der Waals surface area (Å²) in [6.07, 6.45) is 1.60. The summed E-state index contributed by atoms with van der Waals surface area (Å²) in [4.78, 5) is 12.5. The average molecular weight is 285 g/mol. The quantitative estimate of drug-likeness (QED) is 0.796. The maximum atomic E-state index is 12.0. The molecule has 1 aromatic heterocycles. The zero-order chi connectivity index (χ0) is 13.5. The van der Waals surface area contributed by atoms with Crippen LogP contribution in [-0.2, 0) is 10.8 Å². The van der Waals surface area contributed by atoms with Gasteiger partial charge in [-0.15, -0.1) is 11.3 Å². The second-order valence-corrected chi connectivity index (χ2v) is 6.13. The van der Waals surface area contributed by atoms with E-state index in [1.807, 2.05) is 6.92 Å². The molecule has 0 aromatic carbocycles. The Labute approximate surface area is 113 Å². The van der Waals surface area contributed by atoms with E-state index >= 15 is 0 Å². The molecule has 0 spiro atoms. The Morgan fingerprint density at radius 3 is 3.00 bits per heavy atom. The molecule has 0 radical (unpaired) electrons. The second kappa shape index (κ2) is 7.31. The Hall–Kier alpha value is -1.16. The minimum Gasteiger partial charge on any atom is -0.384 e. The van der Waals surface area contributed by atoms with E-state index in [0.29, 0.717) is 16.2 Å². The maximum Gasteiger partial charge on any atom is 0.262 e. The van der Waals surface area contributed by atoms with Gasteiger partial charge in [0, 0.05) is 34.4 Å². The summed E-state index contributed by atoms with van der Waals surface area (Å²) >= 11 is 1.30. The second-order valence-electron chi connectivity index (χ2n) is 3.74. The summed E-state index contributed by atoms with van der Waals surface area (Å²) in [6.45, 7) is 1.58. The normalized spacial score (nSPS) is 13.3. The molecule has 0 fully saturated rings. The van der Waals surface area contributed by atoms with E-state index in [4.69, 9.17) is 5.11 Å². The van der Waals surface area contributed by atoms with E-state index < -0.39 is 10.8 Å². The molecule has 0 saturated carbocycles. The fourth-order valence-corrected chi connectivity index (χ4v) is 2.94. The molecule has 1 heterocycles. The number of aliphatic hydroxyl groups excluding tert-OH is 1. The van der Waals surface area contributed by atoms with Gasteiger partial charge in [-0.3, -0.25) is 9.00 Å². The molecule has 1 amide bonds. The van der Waals surface area contributed by atoms with E-state index in [0.717, 1.165) is 0 Å². The molecule has 4 nitrogen and oxygen atoms in total. The van der Waals surface area contributed by atoms with E-state index in [9.17, 15) is 9.00 Å². The topological polar surface area (TPSA) is 66.4 Å². The lowest BCUT2D eigenvalue weighted by atomic mass is 10.2. The monoisotopic (exact) mass is 285 g/mol. The van der Waals surface area contributed by atoms with Crippen molar-refractivity contribution < 1.29 is 14.1 Å². The standard InChI is InChI=1S/C12H15NO3S2/c1-9(8-18(2)16)13-12(15)11-10(4-3-6-14)5-7-17-11/h5,7,9,14H,6,8H2,1-2H3,(H,13,15). The number of carbonyl (C=O) groups excluding carboxylic acids is 1. The van der Waals surface area contributed by atoms with Gasteiger partial charge < -0.3 is 10.4 Å². The Kier molecular flexibility index (Phi) is 6.05. The smallest absolute Gasteiger partial charge is 0.262 e. The Morgan fingerprint density at radius 2 is 2.39 bits per heavy atom. The molecular weight excluding hydrogens is 270 g/mol. The molecule has 0 aliphatic carbocycles. The van der Waals surface area contributed by atoms with Crippen molar-refractivity contribution in [3.8, 4) is 11.8 Å². The summed E-state index contributed by atoms with van der Waals surface area (Å²) in [7, 11) is -0.941. The predicted molar refractivity (Wildman–Crippen MR) is 74.1 cm³/mol. The highest BCUT2D eigenvalue weighted by atomic mass is 32.2. The van der Waals surface area contributed by atoms with Crippen molar-refractivity contribution in [2.45, 2.75) is 13.0 Å². The lowest BCUT2D eigenvalue weighted by Crippen LogP contribution is -2.36. The van der Waals surface area contributed by atoms with E-state index in [-0.39, 0.29) is 18.6 Å². The van der Waals surface area contributed by atoms with Crippen LogP contribution in [0.25, 0.3) is 0 Å². The van der Waals surface area contributed by atoms with Crippen LogP contribution in [0, 0.1) is 11.8 Å². The van der Waals surface area contributed by atoms with E-state index in [1.54, 1.807) is 17.7 Å². The lowest BCUT2D eigenvalue weighted by molar-refractivity contribution is 0.0947. The number of thiophene rings is 1. The molecule has 18 heavy (non-hydrogen) atoms. The third-order valence-corrected chi connectivity index (χ3v) is 3.92. The van der Waals surface area contributed by atoms with Gasteiger partial charge in [-0.2, -0.15) is 0 Å². The number of hydrogen-bond acceptors (Lipinski definition) is 4. The van der Waals surface area contributed by atoms with Gasteiger partial charge >= 0.3 is 0 Å². The highest BCUT2D eigenvalue weighted by molar-refractivity contribution is 7.84. The molecule has 0 bridgehead atoms. The van der Waals surface area contributed by atoms with Gasteiger partial charge in [-0.1, -0.05) is 11.8 Å². The van der Waals surface area contributed by atoms with Crippen molar-refractivity contribution in [2.75, 3.05) is 18.6 Å². The summed E-state index contributed by atoms with van der Waals surface area (Å²) in [5, 5.41) is 13.2. The fourth-order valence-electron chi connectivity index (χ4n) is 1.40. The largest absolute Gasteiger partial charge is 0.384 e. The molecule has 98 valence electrons. The van der Waals surface area contributed by atoms with Gasteiger partial charge in [0.25, 0.3) is 5.91 Å². The third-order valence-electron chi connectivity index (χ3n) is 2.04. The summed E-state index contributed by atoms with van der Waals surface area (Å²) in [6, 6.07) is 1.59. The molecular formula is C12H15NO3S2. The van der Waals surface area contributed by atoms with E-state index in [1.165, 1.54) is 11.3 Å². The van der Waals surface area contributed by atoms with Crippen LogP contribution >= 0.6 is 11.3 Å². The average Bonchev–Trinajstić information content (AvgIpc) is 2.72. The van der Waals surface area contributed by atoms with Crippen molar-refractivity contribution in [1.29, 1.82) is 0 Å². The first-order valence-electron chi connectivity index (χ1n) is 5.32. The van der Waals surface area contributed by atoms with Gasteiger partial charge in [0.05, 0.1) is 0 Å². The van der Waals surface area contributed by atoms with Crippen molar-refractivity contribution in [3.05, 3.63) is 21.9 Å². The number of carbonyl (C=O) groups is 1. The molecule has 2 unspecified atom stereocenters. The number of hydrogen-bond donors (Lipinski definition) is 2. The highest BCUT2D eigenvalue weighted by Crippen LogP contribution is 2.15. The van der Waals surface area contributed by atoms with Gasteiger partial charge in [0.15, 0.2) is 0 Å². The summed E-state index contributed by atoms with van der Waals surface area (Å²) in [5.74, 6) is 5.45. The minimum atomic E-state index is -0.941. The van der Waals surface area contributed by atoms with Crippen LogP contribution in [0.5, 0.6) is 0 Å². The number of aliphatic hydroxyl groups is 1. The maximum absolute atomic E-state index is 12.0. The van der Waals surface area contributed by atoms with Gasteiger partial charge in [0.2, 0.25) is 0 Å². The molecule has 1 aromatic rings. The SMILES string of the molecule is CC(CS(C)=O)NC(=O)c1sccc1C#CCO. The molecule has 0 aliphatic rings. The molecule has 2 N–H and O–H groups in total. The molecule has 0 aliphatic heterocycles. The molecule has 1 rings (SSSR count). The highest BCUT2D eigenvalue weighted by Gasteiger charge is 2.15. The van der Waals surface area contributed by atoms with Crippen molar-refractivity contribution in [2.24, 2.45) is 0 Å². The first-order valence-corrected chi connectivity index (χ1v) is 7.93. The summed E-state index contributed by atoms with van der Waals surface area (Å²) < 4.78 is 11.0. The third kappa shape index (κ3) is 4.61. The van der Waals surface area contributed by atoms with Gasteiger partial charge in [-0.25, -0.2) is 0 Å². The zero-order valence-electron chi connectivity index (χ0n) is 10.2. The number of amides is 1. The van der Waals surface area contributed by atoms with Gasteiger partial charge in [-0.05, 0) is 18.4 Å². The lowest BCUT2D eigenvalue weighted by Gasteiger charge is -2.11. The van der Waals surface area contributed by atoms with E-state index in [2.05, 4.69) is 17.2 Å². The molecule has 6 heteroatoms. The predicted octanol–water partition coefficient (Wildman–Crippen LogP) is 0.589. The molecule has 2 atom stereocenters. The number of nitrogens with one attached hydrogen (secondary N) is 1. The van der Waals surface area contributed by atoms with Crippen LogP contribution in [-0.4, -0.2) is 39.9 Å².